The van der Waals surface area contributed by atoms with Gasteiger partial charge in [-0.05, 0) is 31.5 Å². The zero-order valence-corrected chi connectivity index (χ0v) is 14.5. The molecule has 7 heteroatoms. The Morgan fingerprint density at radius 1 is 1.23 bits per heavy atom. The lowest BCUT2D eigenvalue weighted by molar-refractivity contribution is -0.130. The SMILES string of the molecule is CCCCOC(=O)NC1(COC(C)=S)CCN(C(C)=O)CC1. The first kappa shape index (κ1) is 18.7. The summed E-state index contributed by atoms with van der Waals surface area (Å²) in [6.45, 7) is 7.18. The van der Waals surface area contributed by atoms with Crippen LogP contribution in [0.4, 0.5) is 4.79 Å². The highest BCUT2D eigenvalue weighted by atomic mass is 32.1. The molecule has 6 nitrogen and oxygen atoms in total. The molecule has 0 aromatic rings. The van der Waals surface area contributed by atoms with Gasteiger partial charge in [0, 0.05) is 26.9 Å². The van der Waals surface area contributed by atoms with Crippen molar-refractivity contribution < 1.29 is 19.1 Å². The van der Waals surface area contributed by atoms with Gasteiger partial charge in [0.15, 0.2) is 5.05 Å². The minimum atomic E-state index is -0.532. The van der Waals surface area contributed by atoms with Gasteiger partial charge in [-0.25, -0.2) is 4.79 Å². The van der Waals surface area contributed by atoms with Crippen molar-refractivity contribution >= 4 is 29.3 Å². The normalized spacial score (nSPS) is 16.8. The average molecular weight is 330 g/mol. The average Bonchev–Trinajstić information content (AvgIpc) is 2.46. The lowest BCUT2D eigenvalue weighted by Gasteiger charge is -2.41. The summed E-state index contributed by atoms with van der Waals surface area (Å²) in [6, 6.07) is 0. The summed E-state index contributed by atoms with van der Waals surface area (Å²) >= 11 is 4.95. The number of carbonyl (C=O) groups is 2. The Hall–Kier alpha value is -1.37. The van der Waals surface area contributed by atoms with Gasteiger partial charge in [0.2, 0.25) is 5.91 Å². The van der Waals surface area contributed by atoms with E-state index in [2.05, 4.69) is 5.32 Å². The minimum Gasteiger partial charge on any atom is -0.485 e. The summed E-state index contributed by atoms with van der Waals surface area (Å²) in [6.07, 6.45) is 2.62. The van der Waals surface area contributed by atoms with Gasteiger partial charge in [-0.1, -0.05) is 13.3 Å². The van der Waals surface area contributed by atoms with Crippen LogP contribution in [0.2, 0.25) is 0 Å². The number of hydrogen-bond donors (Lipinski definition) is 1. The molecule has 2 amide bonds. The van der Waals surface area contributed by atoms with E-state index in [1.165, 1.54) is 0 Å². The fourth-order valence-corrected chi connectivity index (χ4v) is 2.42. The summed E-state index contributed by atoms with van der Waals surface area (Å²) in [5.41, 5.74) is -0.532. The smallest absolute Gasteiger partial charge is 0.407 e. The molecule has 1 rings (SSSR count). The Morgan fingerprint density at radius 3 is 2.36 bits per heavy atom. The Kier molecular flexibility index (Phi) is 7.58. The number of amides is 2. The largest absolute Gasteiger partial charge is 0.485 e. The number of carbonyl (C=O) groups excluding carboxylic acids is 2. The molecule has 1 heterocycles. The maximum Gasteiger partial charge on any atom is 0.407 e. The van der Waals surface area contributed by atoms with Crippen LogP contribution in [0.3, 0.4) is 0 Å². The van der Waals surface area contributed by atoms with Crippen molar-refractivity contribution in [1.82, 2.24) is 10.2 Å². The minimum absolute atomic E-state index is 0.0473. The predicted octanol–water partition coefficient (Wildman–Crippen LogP) is 2.26. The fraction of sp³-hybridized carbons (Fsp3) is 0.800. The molecule has 0 aromatic heterocycles. The van der Waals surface area contributed by atoms with Crippen LogP contribution in [0, 0.1) is 0 Å². The topological polar surface area (TPSA) is 67.9 Å². The third-order valence-corrected chi connectivity index (χ3v) is 3.93. The molecular formula is C15H26N2O4S. The van der Waals surface area contributed by atoms with E-state index in [9.17, 15) is 9.59 Å². The van der Waals surface area contributed by atoms with E-state index in [-0.39, 0.29) is 5.91 Å². The van der Waals surface area contributed by atoms with Crippen LogP contribution in [0.15, 0.2) is 0 Å². The zero-order valence-electron chi connectivity index (χ0n) is 13.6. The van der Waals surface area contributed by atoms with Crippen molar-refractivity contribution in [3.8, 4) is 0 Å². The second-order valence-electron chi connectivity index (χ2n) is 5.68. The van der Waals surface area contributed by atoms with Crippen LogP contribution in [0.25, 0.3) is 0 Å². The monoisotopic (exact) mass is 330 g/mol. The molecule has 0 unspecified atom stereocenters. The van der Waals surface area contributed by atoms with Gasteiger partial charge in [-0.2, -0.15) is 0 Å². The van der Waals surface area contributed by atoms with Crippen molar-refractivity contribution in [1.29, 1.82) is 0 Å². The molecule has 1 aliphatic rings. The molecule has 0 aliphatic carbocycles. The summed E-state index contributed by atoms with van der Waals surface area (Å²) in [4.78, 5) is 25.2. The second kappa shape index (κ2) is 8.92. The first-order valence-corrected chi connectivity index (χ1v) is 8.13. The van der Waals surface area contributed by atoms with Gasteiger partial charge in [-0.15, -0.1) is 0 Å². The van der Waals surface area contributed by atoms with Gasteiger partial charge in [-0.3, -0.25) is 4.79 Å². The van der Waals surface area contributed by atoms with Crippen molar-refractivity contribution in [2.75, 3.05) is 26.3 Å². The van der Waals surface area contributed by atoms with Crippen molar-refractivity contribution in [2.45, 2.75) is 52.0 Å². The number of unbranched alkanes of at least 4 members (excludes halogenated alkanes) is 1. The van der Waals surface area contributed by atoms with E-state index < -0.39 is 11.6 Å². The number of thiocarbonyl (C=S) groups is 1. The van der Waals surface area contributed by atoms with Crippen molar-refractivity contribution in [3.05, 3.63) is 0 Å². The van der Waals surface area contributed by atoms with E-state index >= 15 is 0 Å². The quantitative estimate of drug-likeness (QED) is 0.598. The summed E-state index contributed by atoms with van der Waals surface area (Å²) < 4.78 is 10.6. The number of nitrogens with one attached hydrogen (secondary N) is 1. The highest BCUT2D eigenvalue weighted by Gasteiger charge is 2.38. The molecule has 0 atom stereocenters. The van der Waals surface area contributed by atoms with Crippen LogP contribution in [-0.2, 0) is 14.3 Å². The maximum atomic E-state index is 11.9. The summed E-state index contributed by atoms with van der Waals surface area (Å²) in [7, 11) is 0. The number of rotatable bonds is 6. The molecule has 0 aromatic carbocycles. The summed E-state index contributed by atoms with van der Waals surface area (Å²) in [5, 5.41) is 3.36. The number of alkyl carbamates (subject to hydrolysis) is 1. The van der Waals surface area contributed by atoms with Gasteiger partial charge in [0.1, 0.15) is 6.61 Å². The van der Waals surface area contributed by atoms with Crippen molar-refractivity contribution in [2.24, 2.45) is 0 Å². The molecule has 0 bridgehead atoms. The zero-order chi connectivity index (χ0) is 16.6. The van der Waals surface area contributed by atoms with Gasteiger partial charge in [0.25, 0.3) is 0 Å². The second-order valence-corrected chi connectivity index (χ2v) is 6.26. The van der Waals surface area contributed by atoms with E-state index in [0.717, 1.165) is 12.8 Å². The third-order valence-electron chi connectivity index (χ3n) is 3.82. The molecule has 22 heavy (non-hydrogen) atoms. The van der Waals surface area contributed by atoms with E-state index in [0.29, 0.717) is 44.2 Å². The Labute approximate surface area is 137 Å². The Morgan fingerprint density at radius 2 is 1.86 bits per heavy atom. The van der Waals surface area contributed by atoms with E-state index in [1.807, 2.05) is 6.92 Å². The molecule has 1 saturated heterocycles. The van der Waals surface area contributed by atoms with Crippen LogP contribution < -0.4 is 5.32 Å². The number of ether oxygens (including phenoxy) is 2. The summed E-state index contributed by atoms with van der Waals surface area (Å²) in [5.74, 6) is 0.0473. The standard InChI is InChI=1S/C15H26N2O4S/c1-4-5-10-20-14(19)16-15(11-21-13(3)22)6-8-17(9-7-15)12(2)18/h4-11H2,1-3H3,(H,16,19). The molecule has 0 spiro atoms. The van der Waals surface area contributed by atoms with Gasteiger partial charge >= 0.3 is 6.09 Å². The fourth-order valence-electron chi connectivity index (χ4n) is 2.36. The molecule has 1 N–H and O–H groups in total. The lowest BCUT2D eigenvalue weighted by atomic mass is 9.88. The molecule has 126 valence electrons. The number of likely N-dealkylation sites (tertiary alicyclic amines) is 1. The van der Waals surface area contributed by atoms with E-state index in [4.69, 9.17) is 21.7 Å². The first-order chi connectivity index (χ1) is 10.4. The van der Waals surface area contributed by atoms with Crippen LogP contribution in [-0.4, -0.2) is 53.8 Å². The van der Waals surface area contributed by atoms with Crippen molar-refractivity contribution in [3.63, 3.8) is 0 Å². The Balaban J connectivity index is 2.61. The third kappa shape index (κ3) is 6.17. The number of nitrogens with zero attached hydrogens (tertiary/aromatic N) is 1. The van der Waals surface area contributed by atoms with Crippen LogP contribution in [0.5, 0.6) is 0 Å². The molecule has 1 fully saturated rings. The molecule has 0 radical (unpaired) electrons. The molecule has 0 saturated carbocycles. The maximum absolute atomic E-state index is 11.9. The Bertz CT molecular complexity index is 406. The lowest BCUT2D eigenvalue weighted by Crippen LogP contribution is -2.58. The van der Waals surface area contributed by atoms with E-state index in [1.54, 1.807) is 18.7 Å². The van der Waals surface area contributed by atoms with Crippen LogP contribution in [0.1, 0.15) is 46.5 Å². The first-order valence-electron chi connectivity index (χ1n) is 7.72. The number of piperidine rings is 1. The van der Waals surface area contributed by atoms with Crippen LogP contribution >= 0.6 is 12.2 Å². The van der Waals surface area contributed by atoms with Gasteiger partial charge < -0.3 is 19.7 Å². The number of hydrogen-bond acceptors (Lipinski definition) is 5. The molecule has 1 aliphatic heterocycles. The highest BCUT2D eigenvalue weighted by Crippen LogP contribution is 2.23. The molecular weight excluding hydrogens is 304 g/mol. The predicted molar refractivity (Wildman–Crippen MR) is 87.8 cm³/mol. The van der Waals surface area contributed by atoms with Gasteiger partial charge in [0.05, 0.1) is 12.1 Å². The highest BCUT2D eigenvalue weighted by molar-refractivity contribution is 7.80.